The number of nitrogens with two attached hydrogens (primary N) is 1. The molecule has 104 valence electrons. The van der Waals surface area contributed by atoms with Crippen molar-refractivity contribution in [1.82, 2.24) is 14.9 Å². The van der Waals surface area contributed by atoms with Crippen molar-refractivity contribution in [1.29, 1.82) is 0 Å². The highest BCUT2D eigenvalue weighted by atomic mass is 15.3. The van der Waals surface area contributed by atoms with E-state index in [-0.39, 0.29) is 0 Å². The molecular formula is C14H23N5. The summed E-state index contributed by atoms with van der Waals surface area (Å²) in [5, 5.41) is 0. The standard InChI is InChI=1S/C14H23N5/c1-11-13(15)16-10-17-14(11)19-8-6-18(7-9-19)12-4-2-3-5-12/h10,12H,2-9H2,1H3,(H2,15,16,17). The number of hydrogen-bond donors (Lipinski definition) is 1. The summed E-state index contributed by atoms with van der Waals surface area (Å²) < 4.78 is 0. The second-order valence-corrected chi connectivity index (χ2v) is 5.67. The Hall–Kier alpha value is -1.36. The van der Waals surface area contributed by atoms with E-state index in [1.165, 1.54) is 25.7 Å². The highest BCUT2D eigenvalue weighted by Crippen LogP contribution is 2.26. The van der Waals surface area contributed by atoms with Gasteiger partial charge in [0.05, 0.1) is 0 Å². The van der Waals surface area contributed by atoms with Gasteiger partial charge in [-0.25, -0.2) is 9.97 Å². The van der Waals surface area contributed by atoms with Crippen LogP contribution in [0.1, 0.15) is 31.2 Å². The zero-order valence-corrected chi connectivity index (χ0v) is 11.7. The van der Waals surface area contributed by atoms with Gasteiger partial charge in [0, 0.05) is 37.8 Å². The van der Waals surface area contributed by atoms with Crippen molar-refractivity contribution in [2.45, 2.75) is 38.6 Å². The summed E-state index contributed by atoms with van der Waals surface area (Å²) in [5.74, 6) is 1.61. The maximum Gasteiger partial charge on any atom is 0.137 e. The zero-order valence-electron chi connectivity index (χ0n) is 11.7. The minimum Gasteiger partial charge on any atom is -0.383 e. The van der Waals surface area contributed by atoms with Crippen LogP contribution in [-0.2, 0) is 0 Å². The van der Waals surface area contributed by atoms with E-state index in [2.05, 4.69) is 19.8 Å². The van der Waals surface area contributed by atoms with Crippen LogP contribution in [0.15, 0.2) is 6.33 Å². The molecule has 2 fully saturated rings. The Morgan fingerprint density at radius 3 is 2.47 bits per heavy atom. The van der Waals surface area contributed by atoms with Gasteiger partial charge < -0.3 is 10.6 Å². The molecule has 1 saturated carbocycles. The van der Waals surface area contributed by atoms with E-state index in [1.807, 2.05) is 6.92 Å². The summed E-state index contributed by atoms with van der Waals surface area (Å²) in [7, 11) is 0. The minimum atomic E-state index is 0.600. The average molecular weight is 261 g/mol. The van der Waals surface area contributed by atoms with Crippen molar-refractivity contribution < 1.29 is 0 Å². The predicted octanol–water partition coefficient (Wildman–Crippen LogP) is 1.43. The number of anilines is 2. The Kier molecular flexibility index (Phi) is 3.55. The van der Waals surface area contributed by atoms with Crippen LogP contribution < -0.4 is 10.6 Å². The van der Waals surface area contributed by atoms with Crippen LogP contribution >= 0.6 is 0 Å². The van der Waals surface area contributed by atoms with Gasteiger partial charge >= 0.3 is 0 Å². The van der Waals surface area contributed by atoms with Crippen molar-refractivity contribution in [2.75, 3.05) is 36.8 Å². The lowest BCUT2D eigenvalue weighted by Crippen LogP contribution is -2.50. The van der Waals surface area contributed by atoms with Gasteiger partial charge in [-0.3, -0.25) is 4.90 Å². The third kappa shape index (κ3) is 2.52. The summed E-state index contributed by atoms with van der Waals surface area (Å²) in [6.07, 6.45) is 7.17. The smallest absolute Gasteiger partial charge is 0.137 e. The molecule has 5 heteroatoms. The van der Waals surface area contributed by atoms with Crippen LogP contribution in [0.2, 0.25) is 0 Å². The minimum absolute atomic E-state index is 0.600. The Labute approximate surface area is 114 Å². The Balaban J connectivity index is 1.64. The molecule has 0 spiro atoms. The van der Waals surface area contributed by atoms with Gasteiger partial charge in [-0.2, -0.15) is 0 Å². The van der Waals surface area contributed by atoms with Crippen LogP contribution in [-0.4, -0.2) is 47.1 Å². The fourth-order valence-corrected chi connectivity index (χ4v) is 3.34. The lowest BCUT2D eigenvalue weighted by Gasteiger charge is -2.39. The predicted molar refractivity (Wildman–Crippen MR) is 77.2 cm³/mol. The molecule has 0 bridgehead atoms. The lowest BCUT2D eigenvalue weighted by atomic mass is 10.1. The average Bonchev–Trinajstić information content (AvgIpc) is 2.96. The molecule has 2 N–H and O–H groups in total. The summed E-state index contributed by atoms with van der Waals surface area (Å²) in [5.41, 5.74) is 6.88. The van der Waals surface area contributed by atoms with Gasteiger partial charge in [-0.05, 0) is 19.8 Å². The van der Waals surface area contributed by atoms with Crippen LogP contribution in [0.25, 0.3) is 0 Å². The monoisotopic (exact) mass is 261 g/mol. The Bertz CT molecular complexity index is 433. The van der Waals surface area contributed by atoms with E-state index in [4.69, 9.17) is 5.73 Å². The van der Waals surface area contributed by atoms with Gasteiger partial charge in [0.1, 0.15) is 18.0 Å². The second-order valence-electron chi connectivity index (χ2n) is 5.67. The third-order valence-electron chi connectivity index (χ3n) is 4.55. The van der Waals surface area contributed by atoms with Crippen molar-refractivity contribution in [3.63, 3.8) is 0 Å². The van der Waals surface area contributed by atoms with Gasteiger partial charge in [-0.1, -0.05) is 12.8 Å². The quantitative estimate of drug-likeness (QED) is 0.873. The zero-order chi connectivity index (χ0) is 13.2. The number of aromatic nitrogens is 2. The van der Waals surface area contributed by atoms with Gasteiger partial charge in [0.15, 0.2) is 0 Å². The summed E-state index contributed by atoms with van der Waals surface area (Å²) >= 11 is 0. The van der Waals surface area contributed by atoms with Crippen LogP contribution in [0.3, 0.4) is 0 Å². The summed E-state index contributed by atoms with van der Waals surface area (Å²) in [6.45, 7) is 6.40. The largest absolute Gasteiger partial charge is 0.383 e. The molecule has 2 heterocycles. The highest BCUT2D eigenvalue weighted by molar-refractivity contribution is 5.55. The molecule has 2 aliphatic rings. The van der Waals surface area contributed by atoms with E-state index in [9.17, 15) is 0 Å². The van der Waals surface area contributed by atoms with Gasteiger partial charge in [-0.15, -0.1) is 0 Å². The van der Waals surface area contributed by atoms with Crippen LogP contribution in [0.5, 0.6) is 0 Å². The third-order valence-corrected chi connectivity index (χ3v) is 4.55. The number of hydrogen-bond acceptors (Lipinski definition) is 5. The van der Waals surface area contributed by atoms with E-state index in [0.717, 1.165) is 43.6 Å². The molecule has 0 unspecified atom stereocenters. The van der Waals surface area contributed by atoms with E-state index < -0.39 is 0 Å². The number of nitrogens with zero attached hydrogens (tertiary/aromatic N) is 4. The molecule has 1 aliphatic heterocycles. The van der Waals surface area contributed by atoms with E-state index >= 15 is 0 Å². The molecule has 5 nitrogen and oxygen atoms in total. The van der Waals surface area contributed by atoms with Gasteiger partial charge in [0.25, 0.3) is 0 Å². The molecule has 1 aromatic heterocycles. The van der Waals surface area contributed by atoms with E-state index in [0.29, 0.717) is 5.82 Å². The normalized spacial score (nSPS) is 22.1. The SMILES string of the molecule is Cc1c(N)ncnc1N1CCN(C2CCCC2)CC1. The van der Waals surface area contributed by atoms with Crippen LogP contribution in [0.4, 0.5) is 11.6 Å². The maximum absolute atomic E-state index is 5.87. The molecule has 1 saturated heterocycles. The second kappa shape index (κ2) is 5.33. The van der Waals surface area contributed by atoms with Crippen molar-refractivity contribution >= 4 is 11.6 Å². The lowest BCUT2D eigenvalue weighted by molar-refractivity contribution is 0.187. The maximum atomic E-state index is 5.87. The number of nitrogen functional groups attached to an aromatic ring is 1. The first-order chi connectivity index (χ1) is 9.25. The summed E-state index contributed by atoms with van der Waals surface area (Å²) in [6, 6.07) is 0.832. The molecule has 0 aromatic carbocycles. The molecule has 3 rings (SSSR count). The van der Waals surface area contributed by atoms with Crippen molar-refractivity contribution in [3.8, 4) is 0 Å². The first-order valence-corrected chi connectivity index (χ1v) is 7.32. The van der Waals surface area contributed by atoms with Crippen LogP contribution in [0, 0.1) is 6.92 Å². The molecule has 19 heavy (non-hydrogen) atoms. The van der Waals surface area contributed by atoms with Crippen molar-refractivity contribution in [2.24, 2.45) is 0 Å². The Morgan fingerprint density at radius 2 is 1.79 bits per heavy atom. The molecule has 1 aromatic rings. The topological polar surface area (TPSA) is 58.3 Å². The number of rotatable bonds is 2. The Morgan fingerprint density at radius 1 is 1.11 bits per heavy atom. The van der Waals surface area contributed by atoms with Crippen molar-refractivity contribution in [3.05, 3.63) is 11.9 Å². The fraction of sp³-hybridized carbons (Fsp3) is 0.714. The molecule has 0 atom stereocenters. The highest BCUT2D eigenvalue weighted by Gasteiger charge is 2.27. The van der Waals surface area contributed by atoms with Gasteiger partial charge in [0.2, 0.25) is 0 Å². The first-order valence-electron chi connectivity index (χ1n) is 7.32. The molecule has 0 amide bonds. The fourth-order valence-electron chi connectivity index (χ4n) is 3.34. The molecular weight excluding hydrogens is 238 g/mol. The number of piperazine rings is 1. The summed E-state index contributed by atoms with van der Waals surface area (Å²) in [4.78, 5) is 13.4. The first kappa shape index (κ1) is 12.7. The molecule has 0 radical (unpaired) electrons. The molecule has 1 aliphatic carbocycles. The van der Waals surface area contributed by atoms with E-state index in [1.54, 1.807) is 6.33 Å².